The topological polar surface area (TPSA) is 41.1 Å². The maximum atomic E-state index is 12.9. The Kier molecular flexibility index (Phi) is 4.66. The van der Waals surface area contributed by atoms with Crippen molar-refractivity contribution in [2.75, 3.05) is 6.54 Å². The lowest BCUT2D eigenvalue weighted by atomic mass is 9.61. The molecule has 0 aromatic heterocycles. The van der Waals surface area contributed by atoms with Crippen LogP contribution in [0, 0.1) is 23.2 Å². The normalized spacial score (nSPS) is 41.1. The van der Waals surface area contributed by atoms with Crippen molar-refractivity contribution in [2.24, 2.45) is 23.2 Å². The average Bonchev–Trinajstić information content (AvgIpc) is 2.42. The number of hydrogen-bond acceptors (Lipinski definition) is 3. The highest BCUT2D eigenvalue weighted by Crippen LogP contribution is 2.44. The first-order valence-corrected chi connectivity index (χ1v) is 9.39. The highest BCUT2D eigenvalue weighted by atomic mass is 16.1. The Hall–Kier alpha value is -0.410. The predicted molar refractivity (Wildman–Crippen MR) is 90.8 cm³/mol. The van der Waals surface area contributed by atoms with E-state index in [1.165, 1.54) is 25.7 Å². The molecule has 3 heteroatoms. The molecule has 0 spiro atoms. The fourth-order valence-electron chi connectivity index (χ4n) is 5.21. The molecule has 2 N–H and O–H groups in total. The summed E-state index contributed by atoms with van der Waals surface area (Å²) in [6.07, 6.45) is 7.16. The number of carbonyl (C=O) groups is 1. The summed E-state index contributed by atoms with van der Waals surface area (Å²) >= 11 is 0. The van der Waals surface area contributed by atoms with Crippen molar-refractivity contribution < 1.29 is 4.79 Å². The number of carbonyl (C=O) groups excluding carboxylic acids is 1. The Balaban J connectivity index is 1.83. The number of ketones is 1. The van der Waals surface area contributed by atoms with Gasteiger partial charge in [-0.25, -0.2) is 0 Å². The predicted octanol–water partition coefficient (Wildman–Crippen LogP) is 3.14. The molecule has 0 aromatic carbocycles. The van der Waals surface area contributed by atoms with Crippen LogP contribution in [0.2, 0.25) is 0 Å². The first-order chi connectivity index (χ1) is 10.4. The molecule has 2 aliphatic carbocycles. The summed E-state index contributed by atoms with van der Waals surface area (Å²) in [5.74, 6) is 1.99. The van der Waals surface area contributed by atoms with Gasteiger partial charge < -0.3 is 10.6 Å². The van der Waals surface area contributed by atoms with Gasteiger partial charge in [-0.05, 0) is 43.1 Å². The molecule has 3 rings (SSSR count). The van der Waals surface area contributed by atoms with E-state index in [9.17, 15) is 4.79 Å². The average molecular weight is 306 g/mol. The minimum Gasteiger partial charge on any atom is -0.313 e. The van der Waals surface area contributed by atoms with Crippen LogP contribution in [0.3, 0.4) is 0 Å². The highest BCUT2D eigenvalue weighted by Gasteiger charge is 2.51. The fourth-order valence-corrected chi connectivity index (χ4v) is 5.21. The van der Waals surface area contributed by atoms with Gasteiger partial charge in [-0.1, -0.05) is 40.5 Å². The maximum Gasteiger partial charge on any atom is 0.139 e. The minimum atomic E-state index is 0.162. The van der Waals surface area contributed by atoms with Crippen LogP contribution in [-0.2, 0) is 4.79 Å². The quantitative estimate of drug-likeness (QED) is 0.841. The van der Waals surface area contributed by atoms with Gasteiger partial charge >= 0.3 is 0 Å². The molecule has 3 fully saturated rings. The van der Waals surface area contributed by atoms with Gasteiger partial charge in [-0.3, -0.25) is 4.79 Å². The lowest BCUT2D eigenvalue weighted by Gasteiger charge is -2.54. The van der Waals surface area contributed by atoms with E-state index in [2.05, 4.69) is 38.3 Å². The first-order valence-electron chi connectivity index (χ1n) is 9.39. The molecule has 1 saturated heterocycles. The Labute approximate surface area is 136 Å². The van der Waals surface area contributed by atoms with Crippen LogP contribution in [0.4, 0.5) is 0 Å². The van der Waals surface area contributed by atoms with E-state index in [0.717, 1.165) is 19.4 Å². The van der Waals surface area contributed by atoms with E-state index < -0.39 is 0 Å². The molecule has 0 aromatic rings. The lowest BCUT2D eigenvalue weighted by Crippen LogP contribution is -2.68. The van der Waals surface area contributed by atoms with Gasteiger partial charge in [-0.15, -0.1) is 0 Å². The summed E-state index contributed by atoms with van der Waals surface area (Å²) in [5, 5.41) is 7.72. The molecule has 1 aliphatic heterocycles. The van der Waals surface area contributed by atoms with Crippen molar-refractivity contribution in [3.63, 3.8) is 0 Å². The Bertz CT molecular complexity index is 418. The standard InChI is InChI=1S/C19H34N2O/c1-12(2)11-20-18-13-7-5-6-8-14(13)21-15-9-19(3,4)10-16(22)17(15)18/h12-15,17-18,20-21H,5-11H2,1-4H3. The number of piperidine rings is 1. The van der Waals surface area contributed by atoms with E-state index in [1.54, 1.807) is 0 Å². The summed E-state index contributed by atoms with van der Waals surface area (Å²) in [4.78, 5) is 12.9. The van der Waals surface area contributed by atoms with Gasteiger partial charge in [0.15, 0.2) is 0 Å². The van der Waals surface area contributed by atoms with E-state index in [-0.39, 0.29) is 11.3 Å². The fraction of sp³-hybridized carbons (Fsp3) is 0.947. The zero-order chi connectivity index (χ0) is 15.9. The van der Waals surface area contributed by atoms with Crippen molar-refractivity contribution in [3.8, 4) is 0 Å². The molecule has 3 nitrogen and oxygen atoms in total. The van der Waals surface area contributed by atoms with Gasteiger partial charge in [-0.2, -0.15) is 0 Å². The molecular weight excluding hydrogens is 272 g/mol. The number of fused-ring (bicyclic) bond motifs is 2. The zero-order valence-corrected chi connectivity index (χ0v) is 14.8. The summed E-state index contributed by atoms with van der Waals surface area (Å²) in [6.45, 7) is 10.1. The Morgan fingerprint density at radius 3 is 2.68 bits per heavy atom. The largest absolute Gasteiger partial charge is 0.313 e. The van der Waals surface area contributed by atoms with Crippen molar-refractivity contribution in [1.82, 2.24) is 10.6 Å². The van der Waals surface area contributed by atoms with Gasteiger partial charge in [0.05, 0.1) is 0 Å². The van der Waals surface area contributed by atoms with E-state index in [1.807, 2.05) is 0 Å². The molecule has 126 valence electrons. The molecule has 5 atom stereocenters. The molecule has 22 heavy (non-hydrogen) atoms. The number of nitrogens with one attached hydrogen (secondary N) is 2. The van der Waals surface area contributed by atoms with Crippen LogP contribution in [0.25, 0.3) is 0 Å². The molecular formula is C19H34N2O. The second-order valence-corrected chi connectivity index (χ2v) is 9.19. The van der Waals surface area contributed by atoms with E-state index in [4.69, 9.17) is 0 Å². The van der Waals surface area contributed by atoms with Crippen LogP contribution >= 0.6 is 0 Å². The molecule has 2 saturated carbocycles. The smallest absolute Gasteiger partial charge is 0.139 e. The first kappa shape index (κ1) is 16.4. The Morgan fingerprint density at radius 2 is 1.95 bits per heavy atom. The summed E-state index contributed by atoms with van der Waals surface area (Å²) in [6, 6.07) is 1.42. The number of Topliss-reactive ketones (excluding diaryl/α,β-unsaturated/α-hetero) is 1. The maximum absolute atomic E-state index is 12.9. The Morgan fingerprint density at radius 1 is 1.23 bits per heavy atom. The molecule has 0 amide bonds. The molecule has 0 bridgehead atoms. The van der Waals surface area contributed by atoms with E-state index in [0.29, 0.717) is 35.7 Å². The van der Waals surface area contributed by atoms with Crippen molar-refractivity contribution >= 4 is 5.78 Å². The molecule has 1 heterocycles. The third kappa shape index (κ3) is 3.26. The molecule has 3 aliphatic rings. The third-order valence-corrected chi connectivity index (χ3v) is 6.09. The SMILES string of the molecule is CC(C)CNC1C2CCCCC2NC2CC(C)(C)CC(=O)C21. The summed E-state index contributed by atoms with van der Waals surface area (Å²) in [7, 11) is 0. The zero-order valence-electron chi connectivity index (χ0n) is 14.8. The van der Waals surface area contributed by atoms with Crippen LogP contribution < -0.4 is 10.6 Å². The van der Waals surface area contributed by atoms with Crippen LogP contribution in [0.5, 0.6) is 0 Å². The summed E-state index contributed by atoms with van der Waals surface area (Å²) < 4.78 is 0. The van der Waals surface area contributed by atoms with Crippen molar-refractivity contribution in [3.05, 3.63) is 0 Å². The third-order valence-electron chi connectivity index (χ3n) is 6.09. The van der Waals surface area contributed by atoms with Gasteiger partial charge in [0.25, 0.3) is 0 Å². The second-order valence-electron chi connectivity index (χ2n) is 9.19. The lowest BCUT2D eigenvalue weighted by molar-refractivity contribution is -0.134. The highest BCUT2D eigenvalue weighted by molar-refractivity contribution is 5.84. The monoisotopic (exact) mass is 306 g/mol. The molecule has 0 radical (unpaired) electrons. The molecule has 5 unspecified atom stereocenters. The van der Waals surface area contributed by atoms with Gasteiger partial charge in [0.1, 0.15) is 5.78 Å². The van der Waals surface area contributed by atoms with Gasteiger partial charge in [0.2, 0.25) is 0 Å². The van der Waals surface area contributed by atoms with Crippen molar-refractivity contribution in [2.45, 2.75) is 84.3 Å². The number of hydrogen-bond donors (Lipinski definition) is 2. The van der Waals surface area contributed by atoms with Crippen LogP contribution in [0.15, 0.2) is 0 Å². The van der Waals surface area contributed by atoms with E-state index >= 15 is 0 Å². The van der Waals surface area contributed by atoms with Crippen molar-refractivity contribution in [1.29, 1.82) is 0 Å². The summed E-state index contributed by atoms with van der Waals surface area (Å²) in [5.41, 5.74) is 0.162. The number of rotatable bonds is 3. The van der Waals surface area contributed by atoms with Crippen LogP contribution in [-0.4, -0.2) is 30.5 Å². The minimum absolute atomic E-state index is 0.162. The van der Waals surface area contributed by atoms with Gasteiger partial charge in [0, 0.05) is 30.5 Å². The van der Waals surface area contributed by atoms with Crippen LogP contribution in [0.1, 0.15) is 66.2 Å². The second kappa shape index (κ2) is 6.24.